The molecule has 0 atom stereocenters. The second-order valence-corrected chi connectivity index (χ2v) is 4.15. The van der Waals surface area contributed by atoms with Crippen molar-refractivity contribution < 1.29 is 19.0 Å². The number of methoxy groups -OCH3 is 2. The molecule has 1 aromatic carbocycles. The van der Waals surface area contributed by atoms with Gasteiger partial charge in [-0.25, -0.2) is 4.79 Å². The molecule has 0 saturated carbocycles. The Balaban J connectivity index is 2.50. The number of nitrogens with one attached hydrogen (secondary N) is 1. The highest BCUT2D eigenvalue weighted by Crippen LogP contribution is 2.34. The number of hydrogen-bond donors (Lipinski definition) is 2. The third-order valence-corrected chi connectivity index (χ3v) is 2.95. The first-order chi connectivity index (χ1) is 10.1. The van der Waals surface area contributed by atoms with Gasteiger partial charge in [-0.05, 0) is 25.1 Å². The molecule has 3 N–H and O–H groups in total. The average molecular weight is 291 g/mol. The summed E-state index contributed by atoms with van der Waals surface area (Å²) in [5, 5.41) is 6.62. The van der Waals surface area contributed by atoms with Gasteiger partial charge in [0.05, 0.1) is 26.5 Å². The molecule has 21 heavy (non-hydrogen) atoms. The smallest absolute Gasteiger partial charge is 0.344 e. The fourth-order valence-corrected chi connectivity index (χ4v) is 1.97. The Kier molecular flexibility index (Phi) is 4.32. The third-order valence-electron chi connectivity index (χ3n) is 2.95. The van der Waals surface area contributed by atoms with Gasteiger partial charge in [-0.15, -0.1) is 0 Å². The van der Waals surface area contributed by atoms with Crippen LogP contribution in [0.5, 0.6) is 11.5 Å². The van der Waals surface area contributed by atoms with Crippen LogP contribution in [0, 0.1) is 0 Å². The summed E-state index contributed by atoms with van der Waals surface area (Å²) in [4.78, 5) is 12.0. The summed E-state index contributed by atoms with van der Waals surface area (Å²) in [6, 6.07) is 5.24. The minimum Gasteiger partial charge on any atom is -0.493 e. The van der Waals surface area contributed by atoms with Crippen LogP contribution in [0.2, 0.25) is 0 Å². The summed E-state index contributed by atoms with van der Waals surface area (Å²) in [5.41, 5.74) is 7.12. The molecule has 0 bridgehead atoms. The normalized spacial score (nSPS) is 10.2. The molecular formula is C14H17N3O4. The predicted molar refractivity (Wildman–Crippen MR) is 77.5 cm³/mol. The van der Waals surface area contributed by atoms with Crippen molar-refractivity contribution in [1.29, 1.82) is 0 Å². The van der Waals surface area contributed by atoms with E-state index in [0.717, 1.165) is 0 Å². The molecule has 0 spiro atoms. The van der Waals surface area contributed by atoms with Gasteiger partial charge in [0.1, 0.15) is 5.56 Å². The first-order valence-electron chi connectivity index (χ1n) is 6.35. The Morgan fingerprint density at radius 3 is 2.62 bits per heavy atom. The van der Waals surface area contributed by atoms with E-state index in [1.165, 1.54) is 7.11 Å². The number of aromatic nitrogens is 2. The van der Waals surface area contributed by atoms with Crippen LogP contribution < -0.4 is 15.2 Å². The summed E-state index contributed by atoms with van der Waals surface area (Å²) >= 11 is 0. The average Bonchev–Trinajstić information content (AvgIpc) is 2.88. The summed E-state index contributed by atoms with van der Waals surface area (Å²) in [7, 11) is 3.09. The molecule has 2 aromatic rings. The molecule has 7 heteroatoms. The lowest BCUT2D eigenvalue weighted by atomic mass is 10.1. The predicted octanol–water partition coefficient (Wildman–Crippen LogP) is 1.85. The van der Waals surface area contributed by atoms with E-state index in [4.69, 9.17) is 19.9 Å². The second-order valence-electron chi connectivity index (χ2n) is 4.15. The molecule has 0 aliphatic heterocycles. The molecule has 0 saturated heterocycles. The zero-order chi connectivity index (χ0) is 15.4. The molecule has 2 rings (SSSR count). The van der Waals surface area contributed by atoms with Gasteiger partial charge in [0.15, 0.2) is 17.3 Å². The minimum atomic E-state index is -0.520. The number of nitrogens with zero attached hydrogens (tertiary/aromatic N) is 1. The van der Waals surface area contributed by atoms with Crippen molar-refractivity contribution in [3.8, 4) is 22.8 Å². The number of rotatable bonds is 5. The van der Waals surface area contributed by atoms with Gasteiger partial charge in [-0.3, -0.25) is 5.10 Å². The van der Waals surface area contributed by atoms with E-state index in [1.807, 2.05) is 0 Å². The van der Waals surface area contributed by atoms with Gasteiger partial charge in [-0.1, -0.05) is 0 Å². The van der Waals surface area contributed by atoms with Crippen LogP contribution in [0.15, 0.2) is 18.2 Å². The van der Waals surface area contributed by atoms with Gasteiger partial charge in [-0.2, -0.15) is 5.10 Å². The van der Waals surface area contributed by atoms with E-state index in [1.54, 1.807) is 32.2 Å². The van der Waals surface area contributed by atoms with E-state index in [9.17, 15) is 4.79 Å². The molecule has 7 nitrogen and oxygen atoms in total. The van der Waals surface area contributed by atoms with Gasteiger partial charge in [0, 0.05) is 5.56 Å². The summed E-state index contributed by atoms with van der Waals surface area (Å²) in [5.74, 6) is 0.705. The van der Waals surface area contributed by atoms with E-state index in [-0.39, 0.29) is 18.0 Å². The van der Waals surface area contributed by atoms with Crippen molar-refractivity contribution in [2.75, 3.05) is 26.6 Å². The molecule has 112 valence electrons. The molecule has 1 heterocycles. The van der Waals surface area contributed by atoms with Gasteiger partial charge in [0.25, 0.3) is 0 Å². The molecule has 0 fully saturated rings. The van der Waals surface area contributed by atoms with Crippen LogP contribution in [0.3, 0.4) is 0 Å². The fourth-order valence-electron chi connectivity index (χ4n) is 1.97. The molecule has 0 aliphatic carbocycles. The van der Waals surface area contributed by atoms with Crippen molar-refractivity contribution in [3.05, 3.63) is 23.8 Å². The largest absolute Gasteiger partial charge is 0.493 e. The van der Waals surface area contributed by atoms with E-state index in [2.05, 4.69) is 10.2 Å². The van der Waals surface area contributed by atoms with Crippen LogP contribution in [0.4, 0.5) is 5.82 Å². The number of H-pyrrole nitrogens is 1. The number of carbonyl (C=O) groups is 1. The number of esters is 1. The minimum absolute atomic E-state index is 0.0956. The van der Waals surface area contributed by atoms with Crippen molar-refractivity contribution >= 4 is 11.8 Å². The number of nitrogens with two attached hydrogens (primary N) is 1. The number of carbonyl (C=O) groups excluding carboxylic acids is 1. The molecule has 0 radical (unpaired) electrons. The maximum atomic E-state index is 12.0. The van der Waals surface area contributed by atoms with Crippen molar-refractivity contribution in [2.45, 2.75) is 6.92 Å². The van der Waals surface area contributed by atoms with Gasteiger partial charge < -0.3 is 19.9 Å². The van der Waals surface area contributed by atoms with Crippen LogP contribution in [0.1, 0.15) is 17.3 Å². The quantitative estimate of drug-likeness (QED) is 0.816. The van der Waals surface area contributed by atoms with Crippen LogP contribution in [-0.4, -0.2) is 37.0 Å². The molecule has 0 amide bonds. The first kappa shape index (κ1) is 14.7. The van der Waals surface area contributed by atoms with E-state index in [0.29, 0.717) is 22.8 Å². The summed E-state index contributed by atoms with van der Waals surface area (Å²) in [6.45, 7) is 1.99. The Morgan fingerprint density at radius 2 is 2.00 bits per heavy atom. The fraction of sp³-hybridized carbons (Fsp3) is 0.286. The number of aromatic amines is 1. The SMILES string of the molecule is CCOC(=O)c1c(N)n[nH]c1-c1ccc(OC)c(OC)c1. The Morgan fingerprint density at radius 1 is 1.29 bits per heavy atom. The first-order valence-corrected chi connectivity index (χ1v) is 6.35. The summed E-state index contributed by atoms with van der Waals surface area (Å²) in [6.07, 6.45) is 0. The van der Waals surface area contributed by atoms with Crippen LogP contribution >= 0.6 is 0 Å². The topological polar surface area (TPSA) is 99.5 Å². The van der Waals surface area contributed by atoms with E-state index >= 15 is 0 Å². The van der Waals surface area contributed by atoms with Gasteiger partial charge in [0.2, 0.25) is 0 Å². The number of nitrogen functional groups attached to an aromatic ring is 1. The lowest BCUT2D eigenvalue weighted by Crippen LogP contribution is -2.07. The monoisotopic (exact) mass is 291 g/mol. The van der Waals surface area contributed by atoms with Crippen molar-refractivity contribution in [3.63, 3.8) is 0 Å². The second kappa shape index (κ2) is 6.17. The standard InChI is InChI=1S/C14H17N3O4/c1-4-21-14(18)11-12(16-17-13(11)15)8-5-6-9(19-2)10(7-8)20-3/h5-7H,4H2,1-3H3,(H3,15,16,17). The molecular weight excluding hydrogens is 274 g/mol. The highest BCUT2D eigenvalue weighted by Gasteiger charge is 2.22. The number of anilines is 1. The Hall–Kier alpha value is -2.70. The molecule has 0 aliphatic rings. The van der Waals surface area contributed by atoms with E-state index < -0.39 is 5.97 Å². The lowest BCUT2D eigenvalue weighted by molar-refractivity contribution is 0.0528. The number of benzene rings is 1. The molecule has 1 aromatic heterocycles. The number of hydrogen-bond acceptors (Lipinski definition) is 6. The zero-order valence-corrected chi connectivity index (χ0v) is 12.1. The maximum absolute atomic E-state index is 12.0. The van der Waals surface area contributed by atoms with Gasteiger partial charge >= 0.3 is 5.97 Å². The highest BCUT2D eigenvalue weighted by atomic mass is 16.5. The lowest BCUT2D eigenvalue weighted by Gasteiger charge is -2.09. The Bertz CT molecular complexity index is 652. The maximum Gasteiger partial charge on any atom is 0.344 e. The highest BCUT2D eigenvalue weighted by molar-refractivity contribution is 6.00. The van der Waals surface area contributed by atoms with Crippen LogP contribution in [0.25, 0.3) is 11.3 Å². The van der Waals surface area contributed by atoms with Crippen molar-refractivity contribution in [2.24, 2.45) is 0 Å². The van der Waals surface area contributed by atoms with Crippen LogP contribution in [-0.2, 0) is 4.74 Å². The van der Waals surface area contributed by atoms with Crippen molar-refractivity contribution in [1.82, 2.24) is 10.2 Å². The third kappa shape index (κ3) is 2.76. The summed E-state index contributed by atoms with van der Waals surface area (Å²) < 4.78 is 15.4. The number of ether oxygens (including phenoxy) is 3. The Labute approximate surface area is 122 Å². The zero-order valence-electron chi connectivity index (χ0n) is 12.1. The molecule has 0 unspecified atom stereocenters.